The molecule has 0 amide bonds. The summed E-state index contributed by atoms with van der Waals surface area (Å²) in [6, 6.07) is 16.2. The van der Waals surface area contributed by atoms with Crippen LogP contribution in [-0.2, 0) is 0 Å². The zero-order valence-corrected chi connectivity index (χ0v) is 17.6. The largest absolute Gasteiger partial charge is 0.497 e. The van der Waals surface area contributed by atoms with Crippen LogP contribution in [0.4, 0.5) is 0 Å². The van der Waals surface area contributed by atoms with Crippen LogP contribution in [0, 0.1) is 10.2 Å². The van der Waals surface area contributed by atoms with Gasteiger partial charge in [-0.3, -0.25) is 0 Å². The van der Waals surface area contributed by atoms with E-state index in [0.717, 1.165) is 22.8 Å². The van der Waals surface area contributed by atoms with E-state index in [0.29, 0.717) is 0 Å². The molecule has 1 heterocycles. The molecule has 7 nitrogen and oxygen atoms in total. The molecule has 0 N–H and O–H groups in total. The fourth-order valence-electron chi connectivity index (χ4n) is 2.27. The lowest BCUT2D eigenvalue weighted by atomic mass is 10.1. The maximum Gasteiger partial charge on any atom is 0.301 e. The Morgan fingerprint density at radius 2 is 1.36 bits per heavy atom. The lowest BCUT2D eigenvalue weighted by Crippen LogP contribution is -2.68. The van der Waals surface area contributed by atoms with Gasteiger partial charge in [-0.05, 0) is 36.4 Å². The molecule has 0 saturated heterocycles. The smallest absolute Gasteiger partial charge is 0.301 e. The third-order valence-electron chi connectivity index (χ3n) is 3.53. The SMILES string of the molecule is COc1ccc(-c2cc(-c3ccc(OC)cc3OC)s[s+]2)cc1.[O-][Cl+3]([O-])([O-])[O-]. The normalized spacial score (nSPS) is 10.7. The van der Waals surface area contributed by atoms with Crippen molar-refractivity contribution >= 4 is 20.7 Å². The van der Waals surface area contributed by atoms with Crippen molar-refractivity contribution in [1.29, 1.82) is 0 Å². The van der Waals surface area contributed by atoms with E-state index in [9.17, 15) is 0 Å². The van der Waals surface area contributed by atoms with Gasteiger partial charge in [-0.2, -0.15) is 0 Å². The van der Waals surface area contributed by atoms with Gasteiger partial charge in [0, 0.05) is 23.3 Å². The maximum atomic E-state index is 8.49. The molecule has 0 saturated carbocycles. The zero-order chi connectivity index (χ0) is 20.7. The average Bonchev–Trinajstić information content (AvgIpc) is 3.16. The van der Waals surface area contributed by atoms with Crippen LogP contribution in [0.3, 0.4) is 0 Å². The Morgan fingerprint density at radius 3 is 1.89 bits per heavy atom. The van der Waals surface area contributed by atoms with Gasteiger partial charge >= 0.3 is 10.3 Å². The van der Waals surface area contributed by atoms with Gasteiger partial charge in [0.1, 0.15) is 22.1 Å². The Labute approximate surface area is 171 Å². The zero-order valence-electron chi connectivity index (χ0n) is 15.2. The van der Waals surface area contributed by atoms with Crippen molar-refractivity contribution in [2.24, 2.45) is 0 Å². The van der Waals surface area contributed by atoms with Crippen LogP contribution in [-0.4, -0.2) is 21.3 Å². The van der Waals surface area contributed by atoms with Crippen LogP contribution in [0.1, 0.15) is 0 Å². The fraction of sp³-hybridized carbons (Fsp3) is 0.167. The molecule has 28 heavy (non-hydrogen) atoms. The van der Waals surface area contributed by atoms with Crippen LogP contribution in [0.25, 0.3) is 20.9 Å². The van der Waals surface area contributed by atoms with Crippen LogP contribution >= 0.6 is 20.7 Å². The first-order valence-corrected chi connectivity index (χ1v) is 11.1. The number of benzene rings is 2. The Hall–Kier alpha value is -1.98. The van der Waals surface area contributed by atoms with Gasteiger partial charge in [0.2, 0.25) is 0 Å². The molecular formula is C18H17ClO7S2. The van der Waals surface area contributed by atoms with Crippen molar-refractivity contribution in [2.75, 3.05) is 21.3 Å². The molecule has 0 aliphatic heterocycles. The second-order valence-electron chi connectivity index (χ2n) is 5.21. The van der Waals surface area contributed by atoms with E-state index in [1.807, 2.05) is 30.3 Å². The van der Waals surface area contributed by atoms with Crippen LogP contribution in [0.5, 0.6) is 17.2 Å². The molecule has 0 spiro atoms. The van der Waals surface area contributed by atoms with E-state index >= 15 is 0 Å². The molecule has 3 rings (SSSR count). The van der Waals surface area contributed by atoms with E-state index in [1.54, 1.807) is 42.0 Å². The van der Waals surface area contributed by atoms with Crippen LogP contribution in [0.15, 0.2) is 48.5 Å². The molecule has 2 aromatic carbocycles. The van der Waals surface area contributed by atoms with Crippen molar-refractivity contribution in [3.8, 4) is 38.1 Å². The maximum absolute atomic E-state index is 8.49. The fourth-order valence-corrected chi connectivity index (χ4v) is 4.73. The van der Waals surface area contributed by atoms with Crippen molar-refractivity contribution in [1.82, 2.24) is 0 Å². The summed E-state index contributed by atoms with van der Waals surface area (Å²) >= 11 is 0. The average molecular weight is 445 g/mol. The van der Waals surface area contributed by atoms with E-state index in [4.69, 9.17) is 32.8 Å². The summed E-state index contributed by atoms with van der Waals surface area (Å²) in [5, 5.41) is 0. The molecule has 0 unspecified atom stereocenters. The van der Waals surface area contributed by atoms with Crippen molar-refractivity contribution in [3.63, 3.8) is 0 Å². The highest BCUT2D eigenvalue weighted by atomic mass is 35.7. The second-order valence-corrected chi connectivity index (χ2v) is 8.18. The minimum atomic E-state index is -4.94. The summed E-state index contributed by atoms with van der Waals surface area (Å²) in [4.78, 5) is 2.41. The van der Waals surface area contributed by atoms with Gasteiger partial charge < -0.3 is 14.2 Å². The van der Waals surface area contributed by atoms with Crippen LogP contribution < -0.4 is 32.8 Å². The van der Waals surface area contributed by atoms with Gasteiger partial charge in [-0.25, -0.2) is 18.6 Å². The molecule has 150 valence electrons. The predicted octanol–water partition coefficient (Wildman–Crippen LogP) is 0.694. The van der Waals surface area contributed by atoms with E-state index in [2.05, 4.69) is 18.2 Å². The Balaban J connectivity index is 0.000000500. The summed E-state index contributed by atoms with van der Waals surface area (Å²) in [5.74, 6) is 2.48. The Bertz CT molecular complexity index is 886. The minimum absolute atomic E-state index is 0.793. The second kappa shape index (κ2) is 9.99. The monoisotopic (exact) mass is 444 g/mol. The van der Waals surface area contributed by atoms with Crippen molar-refractivity contribution < 1.29 is 43.1 Å². The summed E-state index contributed by atoms with van der Waals surface area (Å²) in [6.07, 6.45) is 0. The lowest BCUT2D eigenvalue weighted by molar-refractivity contribution is -2.00. The first-order chi connectivity index (χ1) is 13.2. The van der Waals surface area contributed by atoms with Gasteiger partial charge in [-0.15, -0.1) is 10.2 Å². The molecule has 0 atom stereocenters. The van der Waals surface area contributed by atoms with E-state index in [-0.39, 0.29) is 0 Å². The summed E-state index contributed by atoms with van der Waals surface area (Å²) in [5.41, 5.74) is 2.26. The third kappa shape index (κ3) is 6.57. The van der Waals surface area contributed by atoms with Gasteiger partial charge in [0.05, 0.1) is 21.3 Å². The third-order valence-corrected chi connectivity index (χ3v) is 5.99. The summed E-state index contributed by atoms with van der Waals surface area (Å²) in [6.45, 7) is 0. The van der Waals surface area contributed by atoms with E-state index in [1.165, 1.54) is 15.3 Å². The van der Waals surface area contributed by atoms with Gasteiger partial charge in [0.25, 0.3) is 4.88 Å². The van der Waals surface area contributed by atoms with Gasteiger partial charge in [-0.1, -0.05) is 0 Å². The summed E-state index contributed by atoms with van der Waals surface area (Å²) < 4.78 is 49.9. The number of ether oxygens (including phenoxy) is 3. The highest BCUT2D eigenvalue weighted by Crippen LogP contribution is 2.42. The standard InChI is InChI=1S/C18H17O3S2.ClHO4/c1-19-13-6-4-12(5-7-13)17-11-18(23-22-17)15-9-8-14(20-2)10-16(15)21-3;2-1(3,4)5/h4-11H,1-3H3;(H,2,3,4,5)/q+1;/p-1. The Morgan fingerprint density at radius 1 is 0.786 bits per heavy atom. The molecule has 1 aromatic heterocycles. The number of halogens is 1. The van der Waals surface area contributed by atoms with Crippen molar-refractivity contribution in [2.45, 2.75) is 0 Å². The first kappa shape index (κ1) is 22.3. The molecular weight excluding hydrogens is 428 g/mol. The molecule has 10 heteroatoms. The summed E-state index contributed by atoms with van der Waals surface area (Å²) in [7, 11) is 3.56. The first-order valence-electron chi connectivity index (χ1n) is 7.67. The predicted molar refractivity (Wildman–Crippen MR) is 97.1 cm³/mol. The van der Waals surface area contributed by atoms with E-state index < -0.39 is 10.2 Å². The number of hydrogen-bond donors (Lipinski definition) is 0. The molecule has 0 bridgehead atoms. The highest BCUT2D eigenvalue weighted by molar-refractivity contribution is 7.72. The quantitative estimate of drug-likeness (QED) is 0.419. The molecule has 0 aliphatic rings. The topological polar surface area (TPSA) is 120 Å². The molecule has 0 radical (unpaired) electrons. The minimum Gasteiger partial charge on any atom is -0.497 e. The lowest BCUT2D eigenvalue weighted by Gasteiger charge is -2.17. The number of hydrogen-bond acceptors (Lipinski definition) is 8. The molecule has 0 fully saturated rings. The highest BCUT2D eigenvalue weighted by Gasteiger charge is 2.19. The number of rotatable bonds is 5. The molecule has 3 aromatic rings. The number of methoxy groups -OCH3 is 3. The van der Waals surface area contributed by atoms with Crippen molar-refractivity contribution in [3.05, 3.63) is 48.5 Å². The van der Waals surface area contributed by atoms with Gasteiger partial charge in [0.15, 0.2) is 10.3 Å². The Kier molecular flexibility index (Phi) is 7.96. The molecule has 0 aliphatic carbocycles. The van der Waals surface area contributed by atoms with Crippen LogP contribution in [0.2, 0.25) is 0 Å².